The van der Waals surface area contributed by atoms with Crippen LogP contribution < -0.4 is 10.9 Å². The Bertz CT molecular complexity index is 843. The Labute approximate surface area is 158 Å². The van der Waals surface area contributed by atoms with E-state index in [4.69, 9.17) is 16.3 Å². The van der Waals surface area contributed by atoms with Crippen LogP contribution in [-0.4, -0.2) is 44.4 Å². The van der Waals surface area contributed by atoms with Gasteiger partial charge in [-0.1, -0.05) is 11.6 Å². The summed E-state index contributed by atoms with van der Waals surface area (Å²) in [6.45, 7) is 1.60. The van der Waals surface area contributed by atoms with Crippen LogP contribution in [0, 0.1) is 0 Å². The summed E-state index contributed by atoms with van der Waals surface area (Å²) in [5.74, 6) is -1.50. The quantitative estimate of drug-likeness (QED) is 0.331. The summed E-state index contributed by atoms with van der Waals surface area (Å²) in [4.78, 5) is 16.0. The lowest BCUT2D eigenvalue weighted by molar-refractivity contribution is -0.137. The van der Waals surface area contributed by atoms with E-state index in [2.05, 4.69) is 15.8 Å². The van der Waals surface area contributed by atoms with Crippen LogP contribution in [-0.2, 0) is 25.5 Å². The average molecular weight is 428 g/mol. The first-order chi connectivity index (χ1) is 12.5. The van der Waals surface area contributed by atoms with Gasteiger partial charge < -0.3 is 4.74 Å². The largest absolute Gasteiger partial charge is 0.460 e. The number of nitrogens with one attached hydrogen (secondary N) is 2. The Hall–Kier alpha value is -2.01. The van der Waals surface area contributed by atoms with Crippen LogP contribution in [0.2, 0.25) is 5.02 Å². The van der Waals surface area contributed by atoms with Gasteiger partial charge in [-0.2, -0.15) is 13.2 Å². The van der Waals surface area contributed by atoms with E-state index in [1.807, 2.05) is 0 Å². The van der Waals surface area contributed by atoms with Crippen molar-refractivity contribution in [2.75, 3.05) is 23.5 Å². The molecule has 0 spiro atoms. The molecule has 0 aromatic heterocycles. The van der Waals surface area contributed by atoms with Crippen LogP contribution in [0.1, 0.15) is 18.9 Å². The lowest BCUT2D eigenvalue weighted by Gasteiger charge is -2.15. The molecule has 7 nitrogen and oxygen atoms in total. The van der Waals surface area contributed by atoms with E-state index in [0.717, 1.165) is 18.2 Å². The van der Waals surface area contributed by atoms with Crippen molar-refractivity contribution >= 4 is 38.9 Å². The number of hydrogen-bond donors (Lipinski definition) is 2. The molecule has 1 aliphatic rings. The van der Waals surface area contributed by atoms with Crippen LogP contribution in [0.5, 0.6) is 0 Å². The molecule has 2 rings (SSSR count). The standard InChI is InChI=1S/C15H17ClF3N3O4S/c1-2-26-14(23)13(20-10-5-6-27(24,25)8-10)22-21-12-7-9(15(17,18)19)3-4-11(12)16/h3-4,7,10,21H,2,5-6,8H2,1H3,(H,20,22). The number of amidine groups is 1. The summed E-state index contributed by atoms with van der Waals surface area (Å²) in [6, 6.07) is 1.98. The Morgan fingerprint density at radius 1 is 1.41 bits per heavy atom. The summed E-state index contributed by atoms with van der Waals surface area (Å²) >= 11 is 5.87. The predicted octanol–water partition coefficient (Wildman–Crippen LogP) is 2.42. The number of halogens is 4. The van der Waals surface area contributed by atoms with E-state index in [-0.39, 0.29) is 41.1 Å². The maximum atomic E-state index is 12.8. The molecule has 1 aliphatic heterocycles. The lowest BCUT2D eigenvalue weighted by Crippen LogP contribution is -2.38. The second kappa shape index (κ2) is 8.34. The molecule has 1 aromatic rings. The number of nitrogens with zero attached hydrogens (tertiary/aromatic N) is 1. The van der Waals surface area contributed by atoms with Gasteiger partial charge in [-0.15, -0.1) is 0 Å². The highest BCUT2D eigenvalue weighted by molar-refractivity contribution is 7.91. The number of aliphatic imine (C=N–C) groups is 1. The number of alkyl halides is 3. The molecule has 1 aromatic carbocycles. The molecule has 1 unspecified atom stereocenters. The zero-order valence-electron chi connectivity index (χ0n) is 14.1. The Morgan fingerprint density at radius 2 is 2.11 bits per heavy atom. The van der Waals surface area contributed by atoms with E-state index < -0.39 is 33.6 Å². The summed E-state index contributed by atoms with van der Waals surface area (Å²) < 4.78 is 66.4. The summed E-state index contributed by atoms with van der Waals surface area (Å²) in [5, 5.41) is -0.0258. The highest BCUT2D eigenvalue weighted by Crippen LogP contribution is 2.33. The molecule has 27 heavy (non-hydrogen) atoms. The van der Waals surface area contributed by atoms with E-state index in [1.54, 1.807) is 6.92 Å². The third-order valence-corrected chi connectivity index (χ3v) is 5.68. The molecule has 0 radical (unpaired) electrons. The fourth-order valence-corrected chi connectivity index (χ4v) is 4.11. The lowest BCUT2D eigenvalue weighted by atomic mass is 10.2. The molecule has 150 valence electrons. The minimum Gasteiger partial charge on any atom is -0.460 e. The first kappa shape index (κ1) is 21.3. The van der Waals surface area contributed by atoms with Gasteiger partial charge in [-0.25, -0.2) is 13.2 Å². The van der Waals surface area contributed by atoms with E-state index >= 15 is 0 Å². The average Bonchev–Trinajstić information content (AvgIpc) is 2.90. The first-order valence-electron chi connectivity index (χ1n) is 7.86. The number of carbonyl (C=O) groups is 1. The van der Waals surface area contributed by atoms with E-state index in [0.29, 0.717) is 0 Å². The van der Waals surface area contributed by atoms with Gasteiger partial charge >= 0.3 is 12.1 Å². The van der Waals surface area contributed by atoms with Gasteiger partial charge in [0.2, 0.25) is 5.84 Å². The summed E-state index contributed by atoms with van der Waals surface area (Å²) in [5.41, 5.74) is 3.70. The van der Waals surface area contributed by atoms with Gasteiger partial charge in [-0.3, -0.25) is 15.8 Å². The molecule has 1 atom stereocenters. The fourth-order valence-electron chi connectivity index (χ4n) is 2.32. The monoisotopic (exact) mass is 427 g/mol. The van der Waals surface area contributed by atoms with Crippen molar-refractivity contribution in [1.82, 2.24) is 5.43 Å². The second-order valence-corrected chi connectivity index (χ2v) is 8.33. The molecule has 0 amide bonds. The number of rotatable bonds is 4. The molecule has 0 aliphatic carbocycles. The molecule has 1 saturated heterocycles. The molecule has 0 bridgehead atoms. The van der Waals surface area contributed by atoms with Crippen LogP contribution in [0.3, 0.4) is 0 Å². The Kier molecular flexibility index (Phi) is 6.58. The number of benzene rings is 1. The van der Waals surface area contributed by atoms with Crippen LogP contribution >= 0.6 is 11.6 Å². The maximum absolute atomic E-state index is 12.8. The number of esters is 1. The normalized spacial score (nSPS) is 19.6. The highest BCUT2D eigenvalue weighted by Gasteiger charge is 2.31. The number of carbonyl (C=O) groups excluding carboxylic acids is 1. The first-order valence-corrected chi connectivity index (χ1v) is 10.1. The number of ether oxygens (including phenoxy) is 1. The van der Waals surface area contributed by atoms with E-state index in [1.165, 1.54) is 0 Å². The topological polar surface area (TPSA) is 96.9 Å². The predicted molar refractivity (Wildman–Crippen MR) is 94.3 cm³/mol. The molecule has 2 N–H and O–H groups in total. The minimum absolute atomic E-state index is 0.0258. The van der Waals surface area contributed by atoms with Gasteiger partial charge in [-0.05, 0) is 31.5 Å². The SMILES string of the molecule is CCOC(=O)C(=NC1CCS(=O)(=O)C1)NNc1cc(C(F)(F)F)ccc1Cl. The molecule has 12 heteroatoms. The third-order valence-electron chi connectivity index (χ3n) is 3.60. The van der Waals surface area contributed by atoms with Crippen LogP contribution in [0.25, 0.3) is 0 Å². The summed E-state index contributed by atoms with van der Waals surface area (Å²) in [6.07, 6.45) is -4.34. The van der Waals surface area contributed by atoms with Crippen molar-refractivity contribution in [1.29, 1.82) is 0 Å². The molecule has 1 fully saturated rings. The van der Waals surface area contributed by atoms with Gasteiger partial charge in [0.15, 0.2) is 9.84 Å². The maximum Gasteiger partial charge on any atom is 0.416 e. The van der Waals surface area contributed by atoms with E-state index in [9.17, 15) is 26.4 Å². The van der Waals surface area contributed by atoms with Crippen molar-refractivity contribution in [3.63, 3.8) is 0 Å². The molecular formula is C15H17ClF3N3O4S. The van der Waals surface area contributed by atoms with Crippen LogP contribution in [0.4, 0.5) is 18.9 Å². The number of sulfone groups is 1. The minimum atomic E-state index is -4.57. The second-order valence-electron chi connectivity index (χ2n) is 5.70. The summed E-state index contributed by atoms with van der Waals surface area (Å²) in [7, 11) is -3.23. The number of hydrazine groups is 1. The highest BCUT2D eigenvalue weighted by atomic mass is 35.5. The van der Waals surface area contributed by atoms with Crippen molar-refractivity contribution in [3.8, 4) is 0 Å². The number of hydrogen-bond acceptors (Lipinski definition) is 6. The smallest absolute Gasteiger partial charge is 0.416 e. The van der Waals surface area contributed by atoms with Gasteiger partial charge in [0.05, 0.1) is 40.4 Å². The fraction of sp³-hybridized carbons (Fsp3) is 0.467. The Morgan fingerprint density at radius 3 is 2.67 bits per heavy atom. The van der Waals surface area contributed by atoms with Crippen molar-refractivity contribution < 1.29 is 31.1 Å². The number of anilines is 1. The molecular weight excluding hydrogens is 411 g/mol. The zero-order chi connectivity index (χ0) is 20.2. The zero-order valence-corrected chi connectivity index (χ0v) is 15.7. The Balaban J connectivity index is 2.20. The van der Waals surface area contributed by atoms with Gasteiger partial charge in [0, 0.05) is 0 Å². The third kappa shape index (κ3) is 5.99. The van der Waals surface area contributed by atoms with Gasteiger partial charge in [0.1, 0.15) is 0 Å². The van der Waals surface area contributed by atoms with Crippen molar-refractivity contribution in [3.05, 3.63) is 28.8 Å². The van der Waals surface area contributed by atoms with Crippen molar-refractivity contribution in [2.24, 2.45) is 4.99 Å². The molecule has 0 saturated carbocycles. The molecule has 1 heterocycles. The van der Waals surface area contributed by atoms with Crippen LogP contribution in [0.15, 0.2) is 23.2 Å². The van der Waals surface area contributed by atoms with Crippen molar-refractivity contribution in [2.45, 2.75) is 25.6 Å². The van der Waals surface area contributed by atoms with Gasteiger partial charge in [0.25, 0.3) is 0 Å².